The zero-order valence-electron chi connectivity index (χ0n) is 7.79. The van der Waals surface area contributed by atoms with Crippen molar-refractivity contribution in [3.8, 4) is 5.75 Å². The Hall–Kier alpha value is -1.18. The summed E-state index contributed by atoms with van der Waals surface area (Å²) in [5, 5.41) is 0. The van der Waals surface area contributed by atoms with Crippen molar-refractivity contribution in [2.75, 3.05) is 18.5 Å². The molecule has 0 unspecified atom stereocenters. The van der Waals surface area contributed by atoms with Crippen molar-refractivity contribution in [2.24, 2.45) is 0 Å². The molecule has 0 saturated heterocycles. The highest BCUT2D eigenvalue weighted by atomic mass is 16.5. The van der Waals surface area contributed by atoms with E-state index in [1.165, 1.54) is 18.5 Å². The number of hydrogen-bond acceptors (Lipinski definition) is 2. The molecule has 0 N–H and O–H groups in total. The van der Waals surface area contributed by atoms with Crippen LogP contribution >= 0.6 is 0 Å². The molecule has 0 aromatic heterocycles. The summed E-state index contributed by atoms with van der Waals surface area (Å²) < 4.78 is 5.96. The zero-order chi connectivity index (χ0) is 8.89. The lowest BCUT2D eigenvalue weighted by Crippen LogP contribution is -2.39. The van der Waals surface area contributed by atoms with Gasteiger partial charge in [-0.3, -0.25) is 0 Å². The average Bonchev–Trinajstić information content (AvgIpc) is 2.85. The van der Waals surface area contributed by atoms with Crippen LogP contribution in [0.1, 0.15) is 12.8 Å². The van der Waals surface area contributed by atoms with Gasteiger partial charge in [0.05, 0.1) is 12.2 Å². The van der Waals surface area contributed by atoms with Crippen molar-refractivity contribution < 1.29 is 4.74 Å². The average molecular weight is 175 g/mol. The third kappa shape index (κ3) is 1.01. The summed E-state index contributed by atoms with van der Waals surface area (Å²) in [6.07, 6.45) is 2.43. The number of rotatable bonds is 0. The Morgan fingerprint density at radius 1 is 1.31 bits per heavy atom. The minimum atomic E-state index is 0.170. The van der Waals surface area contributed by atoms with Gasteiger partial charge < -0.3 is 9.64 Å². The molecule has 1 heterocycles. The van der Waals surface area contributed by atoms with Crippen LogP contribution in [0, 0.1) is 0 Å². The highest BCUT2D eigenvalue weighted by Crippen LogP contribution is 2.47. The van der Waals surface area contributed by atoms with Gasteiger partial charge in [-0.25, -0.2) is 0 Å². The Kier molecular flexibility index (Phi) is 1.22. The van der Waals surface area contributed by atoms with Gasteiger partial charge in [0.15, 0.2) is 0 Å². The first kappa shape index (κ1) is 7.25. The largest absolute Gasteiger partial charge is 0.483 e. The summed E-state index contributed by atoms with van der Waals surface area (Å²) in [7, 11) is 2.14. The minimum absolute atomic E-state index is 0.170. The van der Waals surface area contributed by atoms with Crippen molar-refractivity contribution in [2.45, 2.75) is 18.4 Å². The van der Waals surface area contributed by atoms with Crippen LogP contribution in [0.25, 0.3) is 0 Å². The van der Waals surface area contributed by atoms with Crippen molar-refractivity contribution in [1.82, 2.24) is 0 Å². The van der Waals surface area contributed by atoms with Crippen molar-refractivity contribution in [3.05, 3.63) is 24.3 Å². The molecule has 0 bridgehead atoms. The van der Waals surface area contributed by atoms with Crippen LogP contribution in [0.4, 0.5) is 5.69 Å². The van der Waals surface area contributed by atoms with E-state index in [0.717, 1.165) is 12.3 Å². The quantitative estimate of drug-likeness (QED) is 0.598. The summed E-state index contributed by atoms with van der Waals surface area (Å²) >= 11 is 0. The Balaban J connectivity index is 2.05. The van der Waals surface area contributed by atoms with Crippen molar-refractivity contribution in [3.63, 3.8) is 0 Å². The molecule has 13 heavy (non-hydrogen) atoms. The topological polar surface area (TPSA) is 12.5 Å². The fraction of sp³-hybridized carbons (Fsp3) is 0.455. The first-order valence-corrected chi connectivity index (χ1v) is 4.78. The number of fused-ring (bicyclic) bond motifs is 1. The van der Waals surface area contributed by atoms with Crippen LogP contribution in [0.5, 0.6) is 5.75 Å². The number of ether oxygens (including phenoxy) is 1. The maximum absolute atomic E-state index is 5.96. The fourth-order valence-corrected chi connectivity index (χ4v) is 2.04. The number of benzene rings is 1. The number of likely N-dealkylation sites (N-methyl/N-ethyl adjacent to an activating group) is 1. The molecule has 1 aromatic carbocycles. The second kappa shape index (κ2) is 2.19. The molecule has 0 atom stereocenters. The first-order chi connectivity index (χ1) is 6.29. The molecule has 1 aliphatic carbocycles. The molecule has 3 rings (SSSR count). The molecular weight excluding hydrogens is 162 g/mol. The summed E-state index contributed by atoms with van der Waals surface area (Å²) in [5.41, 5.74) is 1.39. The van der Waals surface area contributed by atoms with Crippen molar-refractivity contribution in [1.29, 1.82) is 0 Å². The van der Waals surface area contributed by atoms with Crippen LogP contribution < -0.4 is 9.64 Å². The molecule has 2 aliphatic rings. The Morgan fingerprint density at radius 3 is 2.85 bits per heavy atom. The predicted octanol–water partition coefficient (Wildman–Crippen LogP) is 2.05. The number of hydrogen-bond donors (Lipinski definition) is 0. The normalized spacial score (nSPS) is 22.4. The van der Waals surface area contributed by atoms with Crippen LogP contribution in [0.15, 0.2) is 24.3 Å². The summed E-state index contributed by atoms with van der Waals surface area (Å²) in [6.45, 7) is 1.05. The Morgan fingerprint density at radius 2 is 2.08 bits per heavy atom. The van der Waals surface area contributed by atoms with Crippen LogP contribution in [-0.2, 0) is 0 Å². The van der Waals surface area contributed by atoms with Gasteiger partial charge in [-0.2, -0.15) is 0 Å². The zero-order valence-corrected chi connectivity index (χ0v) is 7.79. The van der Waals surface area contributed by atoms with E-state index in [1.54, 1.807) is 0 Å². The van der Waals surface area contributed by atoms with Gasteiger partial charge in [-0.15, -0.1) is 0 Å². The molecule has 1 fully saturated rings. The van der Waals surface area contributed by atoms with E-state index in [4.69, 9.17) is 4.74 Å². The summed E-state index contributed by atoms with van der Waals surface area (Å²) in [5.74, 6) is 1.05. The second-order valence-corrected chi connectivity index (χ2v) is 4.11. The smallest absolute Gasteiger partial charge is 0.143 e. The Bertz CT molecular complexity index is 344. The van der Waals surface area contributed by atoms with Crippen LogP contribution in [0.2, 0.25) is 0 Å². The maximum atomic E-state index is 5.96. The summed E-state index contributed by atoms with van der Waals surface area (Å²) in [6, 6.07) is 8.27. The highest BCUT2D eigenvalue weighted by Gasteiger charge is 2.49. The standard InChI is InChI=1S/C11H13NO/c1-12-8-11(6-7-11)13-10-5-3-2-4-9(10)12/h2-5H,6-8H2,1H3. The van der Waals surface area contributed by atoms with E-state index in [2.05, 4.69) is 30.1 Å². The lowest BCUT2D eigenvalue weighted by molar-refractivity contribution is 0.174. The third-order valence-corrected chi connectivity index (χ3v) is 2.94. The number of para-hydroxylation sites is 2. The van der Waals surface area contributed by atoms with Gasteiger partial charge in [-0.1, -0.05) is 12.1 Å². The molecule has 0 radical (unpaired) electrons. The highest BCUT2D eigenvalue weighted by molar-refractivity contribution is 5.60. The van der Waals surface area contributed by atoms with Crippen molar-refractivity contribution >= 4 is 5.69 Å². The van der Waals surface area contributed by atoms with E-state index in [9.17, 15) is 0 Å². The van der Waals surface area contributed by atoms with Gasteiger partial charge in [0.25, 0.3) is 0 Å². The number of nitrogens with zero attached hydrogens (tertiary/aromatic N) is 1. The Labute approximate surface area is 78.1 Å². The molecule has 1 aliphatic heterocycles. The second-order valence-electron chi connectivity index (χ2n) is 4.11. The molecule has 0 amide bonds. The van der Waals surface area contributed by atoms with Gasteiger partial charge in [0.1, 0.15) is 11.4 Å². The molecule has 68 valence electrons. The monoisotopic (exact) mass is 175 g/mol. The van der Waals surface area contributed by atoms with Gasteiger partial charge in [0.2, 0.25) is 0 Å². The fourth-order valence-electron chi connectivity index (χ4n) is 2.04. The van der Waals surface area contributed by atoms with Crippen LogP contribution in [0.3, 0.4) is 0 Å². The van der Waals surface area contributed by atoms with Gasteiger partial charge in [-0.05, 0) is 25.0 Å². The van der Waals surface area contributed by atoms with Gasteiger partial charge in [0, 0.05) is 7.05 Å². The third-order valence-electron chi connectivity index (χ3n) is 2.94. The molecule has 1 spiro atoms. The lowest BCUT2D eigenvalue weighted by atomic mass is 10.2. The maximum Gasteiger partial charge on any atom is 0.143 e. The van der Waals surface area contributed by atoms with Gasteiger partial charge >= 0.3 is 0 Å². The predicted molar refractivity (Wildman–Crippen MR) is 52.3 cm³/mol. The van der Waals surface area contributed by atoms with E-state index in [1.807, 2.05) is 6.07 Å². The van der Waals surface area contributed by atoms with Crippen LogP contribution in [-0.4, -0.2) is 19.2 Å². The van der Waals surface area contributed by atoms with E-state index >= 15 is 0 Å². The molecule has 1 saturated carbocycles. The lowest BCUT2D eigenvalue weighted by Gasteiger charge is -2.34. The van der Waals surface area contributed by atoms with E-state index in [-0.39, 0.29) is 5.60 Å². The molecule has 1 aromatic rings. The van der Waals surface area contributed by atoms with E-state index < -0.39 is 0 Å². The minimum Gasteiger partial charge on any atom is -0.483 e. The molecular formula is C11H13NO. The molecule has 2 nitrogen and oxygen atoms in total. The van der Waals surface area contributed by atoms with E-state index in [0.29, 0.717) is 0 Å². The molecule has 2 heteroatoms. The number of anilines is 1. The SMILES string of the molecule is CN1CC2(CC2)Oc2ccccc21. The summed E-state index contributed by atoms with van der Waals surface area (Å²) in [4.78, 5) is 2.30. The first-order valence-electron chi connectivity index (χ1n) is 4.78.